The summed E-state index contributed by atoms with van der Waals surface area (Å²) in [6.07, 6.45) is 4.35. The van der Waals surface area contributed by atoms with E-state index in [0.717, 1.165) is 12.1 Å². The van der Waals surface area contributed by atoms with Crippen LogP contribution in [0.1, 0.15) is 41.6 Å². The third kappa shape index (κ3) is 1.03. The molecule has 0 unspecified atom stereocenters. The Kier molecular flexibility index (Phi) is 1.67. The Morgan fingerprint density at radius 1 is 1.58 bits per heavy atom. The van der Waals surface area contributed by atoms with E-state index in [1.807, 2.05) is 0 Å². The van der Waals surface area contributed by atoms with Gasteiger partial charge in [0.15, 0.2) is 17.9 Å². The van der Waals surface area contributed by atoms with Gasteiger partial charge in [0.25, 0.3) is 0 Å². The summed E-state index contributed by atoms with van der Waals surface area (Å²) in [7, 11) is 1.75. The predicted octanol–water partition coefficient (Wildman–Crippen LogP) is 0.895. The Morgan fingerprint density at radius 3 is 2.75 bits per heavy atom. The summed E-state index contributed by atoms with van der Waals surface area (Å²) in [4.78, 5) is 14.6. The van der Waals surface area contributed by atoms with E-state index in [1.54, 1.807) is 11.7 Å². The van der Waals surface area contributed by atoms with Gasteiger partial charge in [-0.15, -0.1) is 0 Å². The Labute approximate surface area is 70.6 Å². The SMILES string of the molecule is Cn1nc(C2CCC2)nc1C=O. The second kappa shape index (κ2) is 2.69. The summed E-state index contributed by atoms with van der Waals surface area (Å²) >= 11 is 0. The van der Waals surface area contributed by atoms with Crippen LogP contribution in [0.3, 0.4) is 0 Å². The van der Waals surface area contributed by atoms with Crippen molar-refractivity contribution in [1.29, 1.82) is 0 Å². The molecule has 4 nitrogen and oxygen atoms in total. The van der Waals surface area contributed by atoms with Gasteiger partial charge in [0.05, 0.1) is 0 Å². The summed E-state index contributed by atoms with van der Waals surface area (Å²) in [5, 5.41) is 4.18. The van der Waals surface area contributed by atoms with E-state index in [1.165, 1.54) is 19.3 Å². The van der Waals surface area contributed by atoms with Crippen molar-refractivity contribution in [3.05, 3.63) is 11.6 Å². The fourth-order valence-corrected chi connectivity index (χ4v) is 1.36. The lowest BCUT2D eigenvalue weighted by molar-refractivity contribution is 0.111. The topological polar surface area (TPSA) is 47.8 Å². The number of rotatable bonds is 2. The Morgan fingerprint density at radius 2 is 2.33 bits per heavy atom. The molecule has 0 spiro atoms. The van der Waals surface area contributed by atoms with Crippen molar-refractivity contribution in [1.82, 2.24) is 14.8 Å². The molecule has 1 fully saturated rings. The third-order valence-electron chi connectivity index (χ3n) is 2.39. The van der Waals surface area contributed by atoms with Gasteiger partial charge < -0.3 is 0 Å². The van der Waals surface area contributed by atoms with Crippen molar-refractivity contribution in [3.63, 3.8) is 0 Å². The first kappa shape index (κ1) is 7.46. The van der Waals surface area contributed by atoms with Gasteiger partial charge in [0, 0.05) is 13.0 Å². The van der Waals surface area contributed by atoms with Crippen molar-refractivity contribution in [2.45, 2.75) is 25.2 Å². The minimum absolute atomic E-state index is 0.428. The highest BCUT2D eigenvalue weighted by Gasteiger charge is 2.24. The lowest BCUT2D eigenvalue weighted by Gasteiger charge is -2.21. The van der Waals surface area contributed by atoms with Crippen LogP contribution in [0.5, 0.6) is 0 Å². The molecule has 0 radical (unpaired) electrons. The molecule has 1 aliphatic rings. The van der Waals surface area contributed by atoms with Crippen LogP contribution in [-0.4, -0.2) is 21.1 Å². The number of hydrogen-bond acceptors (Lipinski definition) is 3. The predicted molar refractivity (Wildman–Crippen MR) is 43.0 cm³/mol. The third-order valence-corrected chi connectivity index (χ3v) is 2.39. The molecular formula is C8H11N3O. The van der Waals surface area contributed by atoms with E-state index in [-0.39, 0.29) is 0 Å². The van der Waals surface area contributed by atoms with Gasteiger partial charge in [-0.3, -0.25) is 4.79 Å². The molecule has 0 bridgehead atoms. The molecule has 12 heavy (non-hydrogen) atoms. The van der Waals surface area contributed by atoms with Crippen molar-refractivity contribution in [2.75, 3.05) is 0 Å². The first-order valence-corrected chi connectivity index (χ1v) is 4.17. The van der Waals surface area contributed by atoms with Crippen LogP contribution in [0.4, 0.5) is 0 Å². The Balaban J connectivity index is 2.27. The summed E-state index contributed by atoms with van der Waals surface area (Å²) in [5.41, 5.74) is 0. The maximum atomic E-state index is 10.4. The molecule has 2 rings (SSSR count). The molecule has 1 heterocycles. The highest BCUT2D eigenvalue weighted by atomic mass is 16.1. The number of hydrogen-bond donors (Lipinski definition) is 0. The van der Waals surface area contributed by atoms with Gasteiger partial charge in [-0.1, -0.05) is 6.42 Å². The van der Waals surface area contributed by atoms with Gasteiger partial charge in [-0.2, -0.15) is 5.10 Å². The van der Waals surface area contributed by atoms with Crippen LogP contribution in [0, 0.1) is 0 Å². The summed E-state index contributed by atoms with van der Waals surface area (Å²) in [5.74, 6) is 1.77. The number of nitrogens with zero attached hydrogens (tertiary/aromatic N) is 3. The Bertz CT molecular complexity index is 301. The van der Waals surface area contributed by atoms with E-state index in [9.17, 15) is 4.79 Å². The largest absolute Gasteiger partial charge is 0.294 e. The van der Waals surface area contributed by atoms with Gasteiger partial charge >= 0.3 is 0 Å². The van der Waals surface area contributed by atoms with Crippen molar-refractivity contribution in [3.8, 4) is 0 Å². The minimum atomic E-state index is 0.428. The molecule has 0 aromatic carbocycles. The lowest BCUT2D eigenvalue weighted by Crippen LogP contribution is -2.10. The molecular weight excluding hydrogens is 154 g/mol. The first-order chi connectivity index (χ1) is 5.81. The molecule has 0 aliphatic heterocycles. The van der Waals surface area contributed by atoms with Crippen LogP contribution in [-0.2, 0) is 7.05 Å². The number of aldehydes is 1. The van der Waals surface area contributed by atoms with E-state index in [4.69, 9.17) is 0 Å². The highest BCUT2D eigenvalue weighted by molar-refractivity contribution is 5.68. The average molecular weight is 165 g/mol. The van der Waals surface area contributed by atoms with Gasteiger partial charge in [0.1, 0.15) is 0 Å². The van der Waals surface area contributed by atoms with E-state index < -0.39 is 0 Å². The molecule has 1 aromatic heterocycles. The zero-order valence-corrected chi connectivity index (χ0v) is 7.03. The van der Waals surface area contributed by atoms with Crippen molar-refractivity contribution in [2.24, 2.45) is 7.05 Å². The fourth-order valence-electron chi connectivity index (χ4n) is 1.36. The van der Waals surface area contributed by atoms with Crippen molar-refractivity contribution >= 4 is 6.29 Å². The number of aryl methyl sites for hydroxylation is 1. The number of aromatic nitrogens is 3. The molecule has 64 valence electrons. The quantitative estimate of drug-likeness (QED) is 0.611. The molecule has 1 aromatic rings. The molecule has 1 saturated carbocycles. The maximum Gasteiger partial charge on any atom is 0.191 e. The van der Waals surface area contributed by atoms with Crippen LogP contribution in [0.2, 0.25) is 0 Å². The van der Waals surface area contributed by atoms with Gasteiger partial charge in [-0.25, -0.2) is 9.67 Å². The highest BCUT2D eigenvalue weighted by Crippen LogP contribution is 2.34. The van der Waals surface area contributed by atoms with Crippen molar-refractivity contribution < 1.29 is 4.79 Å². The molecule has 0 atom stereocenters. The monoisotopic (exact) mass is 165 g/mol. The normalized spacial score (nSPS) is 17.4. The minimum Gasteiger partial charge on any atom is -0.294 e. The van der Waals surface area contributed by atoms with Gasteiger partial charge in [0.2, 0.25) is 0 Å². The number of carbonyl (C=O) groups is 1. The summed E-state index contributed by atoms with van der Waals surface area (Å²) < 4.78 is 1.54. The standard InChI is InChI=1S/C8H11N3O/c1-11-7(5-12)9-8(10-11)6-3-2-4-6/h5-6H,2-4H2,1H3. The Hall–Kier alpha value is -1.19. The van der Waals surface area contributed by atoms with E-state index in [0.29, 0.717) is 11.7 Å². The van der Waals surface area contributed by atoms with Gasteiger partial charge in [-0.05, 0) is 12.8 Å². The second-order valence-corrected chi connectivity index (χ2v) is 3.20. The van der Waals surface area contributed by atoms with E-state index in [2.05, 4.69) is 10.1 Å². The second-order valence-electron chi connectivity index (χ2n) is 3.20. The molecule has 1 aliphatic carbocycles. The van der Waals surface area contributed by atoms with Crippen LogP contribution >= 0.6 is 0 Å². The summed E-state index contributed by atoms with van der Waals surface area (Å²) in [6, 6.07) is 0. The molecule has 0 saturated heterocycles. The van der Waals surface area contributed by atoms with Crippen LogP contribution in [0.25, 0.3) is 0 Å². The molecule has 4 heteroatoms. The molecule has 0 amide bonds. The molecule has 0 N–H and O–H groups in total. The van der Waals surface area contributed by atoms with Crippen LogP contribution < -0.4 is 0 Å². The zero-order valence-electron chi connectivity index (χ0n) is 7.03. The first-order valence-electron chi connectivity index (χ1n) is 4.17. The summed E-state index contributed by atoms with van der Waals surface area (Å²) in [6.45, 7) is 0. The number of carbonyl (C=O) groups excluding carboxylic acids is 1. The van der Waals surface area contributed by atoms with E-state index >= 15 is 0 Å². The smallest absolute Gasteiger partial charge is 0.191 e. The maximum absolute atomic E-state index is 10.4. The fraction of sp³-hybridized carbons (Fsp3) is 0.625. The van der Waals surface area contributed by atoms with Crippen LogP contribution in [0.15, 0.2) is 0 Å². The zero-order chi connectivity index (χ0) is 8.55. The average Bonchev–Trinajstić information content (AvgIpc) is 2.27. The lowest BCUT2D eigenvalue weighted by atomic mass is 9.85.